The molecule has 11 nitrogen and oxygen atoms in total. The Balaban J connectivity index is 1.13. The van der Waals surface area contributed by atoms with E-state index in [0.29, 0.717) is 54.2 Å². The van der Waals surface area contributed by atoms with E-state index >= 15 is 8.78 Å². The molecule has 0 spiro atoms. The number of halogens is 3. The number of carbonyl (C=O) groups is 3. The first-order valence-corrected chi connectivity index (χ1v) is 20.8. The van der Waals surface area contributed by atoms with Gasteiger partial charge in [0, 0.05) is 92.5 Å². The molecular formula is C45H61ClF2N6O5. The maximum atomic E-state index is 15.6. The van der Waals surface area contributed by atoms with Gasteiger partial charge in [0.1, 0.15) is 17.4 Å². The molecule has 2 aliphatic heterocycles. The Morgan fingerprint density at radius 3 is 2.32 bits per heavy atom. The van der Waals surface area contributed by atoms with Crippen molar-refractivity contribution >= 4 is 35.0 Å². The van der Waals surface area contributed by atoms with Gasteiger partial charge in [-0.2, -0.15) is 0 Å². The van der Waals surface area contributed by atoms with Crippen molar-refractivity contribution < 1.29 is 32.6 Å². The van der Waals surface area contributed by atoms with Crippen molar-refractivity contribution in [2.45, 2.75) is 65.8 Å². The van der Waals surface area contributed by atoms with E-state index in [4.69, 9.17) is 21.1 Å². The highest BCUT2D eigenvalue weighted by molar-refractivity contribution is 6.30. The van der Waals surface area contributed by atoms with Gasteiger partial charge >= 0.3 is 0 Å². The maximum Gasteiger partial charge on any atom is 0.251 e. The summed E-state index contributed by atoms with van der Waals surface area (Å²) in [7, 11) is 1.45. The number of piperazine rings is 1. The molecule has 59 heavy (non-hydrogen) atoms. The number of anilines is 1. The second kappa shape index (κ2) is 20.4. The fourth-order valence-electron chi connectivity index (χ4n) is 8.04. The van der Waals surface area contributed by atoms with Crippen molar-refractivity contribution in [1.82, 2.24) is 25.8 Å². The van der Waals surface area contributed by atoms with Crippen LogP contribution in [0.5, 0.6) is 5.75 Å². The highest BCUT2D eigenvalue weighted by atomic mass is 35.5. The lowest BCUT2D eigenvalue weighted by molar-refractivity contribution is -0.119. The number of amides is 3. The van der Waals surface area contributed by atoms with Gasteiger partial charge in [0.15, 0.2) is 0 Å². The van der Waals surface area contributed by atoms with Crippen LogP contribution in [0, 0.1) is 29.4 Å². The first-order chi connectivity index (χ1) is 28.0. The van der Waals surface area contributed by atoms with E-state index in [1.54, 1.807) is 62.4 Å². The Morgan fingerprint density at radius 2 is 1.63 bits per heavy atom. The topological polar surface area (TPSA) is 124 Å². The predicted molar refractivity (Wildman–Crippen MR) is 228 cm³/mol. The van der Waals surface area contributed by atoms with Gasteiger partial charge in [0.2, 0.25) is 11.8 Å². The molecule has 4 N–H and O–H groups in total. The number of hydrogen-bond donors (Lipinski definition) is 4. The minimum atomic E-state index is -0.913. The van der Waals surface area contributed by atoms with E-state index in [1.165, 1.54) is 13.2 Å². The number of rotatable bonds is 18. The molecule has 3 aromatic carbocycles. The van der Waals surface area contributed by atoms with Crippen molar-refractivity contribution in [2.24, 2.45) is 10.8 Å². The zero-order valence-electron chi connectivity index (χ0n) is 35.5. The van der Waals surface area contributed by atoms with Gasteiger partial charge in [-0.05, 0) is 66.9 Å². The Hall–Kier alpha value is -4.14. The molecular weight excluding hydrogens is 778 g/mol. The number of ether oxygens (including phenoxy) is 2. The third-order valence-electron chi connectivity index (χ3n) is 11.2. The summed E-state index contributed by atoms with van der Waals surface area (Å²) in [6, 6.07) is 13.3. The van der Waals surface area contributed by atoms with E-state index in [-0.39, 0.29) is 40.0 Å². The van der Waals surface area contributed by atoms with Gasteiger partial charge < -0.3 is 40.5 Å². The van der Waals surface area contributed by atoms with Crippen molar-refractivity contribution in [3.63, 3.8) is 0 Å². The molecule has 0 aromatic heterocycles. The van der Waals surface area contributed by atoms with E-state index in [1.807, 2.05) is 13.8 Å². The van der Waals surface area contributed by atoms with Crippen LogP contribution in [0.3, 0.4) is 0 Å². The standard InChI is InChI=1S/C45H61ClF2N6O5/c1-29-10-8-11-34(40(29)48)39-35(33-14-13-32(46)23-36(33)47)24-50-41(39)43(57)52-37-15-12-31(22-38(37)58-7)42(56)51-25-44(3,4)27-59-28-45(5,6)26-54-20-18-53(19-21-54)17-9-16-49-30(2)55/h8,10-15,22-23,35,39,41,50H,9,16-21,24-28H2,1-7H3,(H,49,55)(H,51,56)(H,52,57)/t35?,39-,41?/m1/s1. The van der Waals surface area contributed by atoms with Crippen LogP contribution in [0.25, 0.3) is 0 Å². The molecule has 0 saturated carbocycles. The zero-order valence-corrected chi connectivity index (χ0v) is 36.2. The van der Waals surface area contributed by atoms with Crippen LogP contribution >= 0.6 is 11.6 Å². The molecule has 3 atom stereocenters. The highest BCUT2D eigenvalue weighted by Crippen LogP contribution is 2.43. The fraction of sp³-hybridized carbons (Fsp3) is 0.533. The maximum absolute atomic E-state index is 15.6. The summed E-state index contributed by atoms with van der Waals surface area (Å²) in [5.41, 5.74) is 1.35. The lowest BCUT2D eigenvalue weighted by Crippen LogP contribution is -2.50. The molecule has 5 rings (SSSR count). The van der Waals surface area contributed by atoms with E-state index in [2.05, 4.69) is 44.9 Å². The Bertz CT molecular complexity index is 1940. The van der Waals surface area contributed by atoms with Crippen molar-refractivity contribution in [3.05, 3.63) is 93.5 Å². The highest BCUT2D eigenvalue weighted by Gasteiger charge is 2.44. The van der Waals surface area contributed by atoms with Crippen LogP contribution in [-0.4, -0.2) is 113 Å². The summed E-state index contributed by atoms with van der Waals surface area (Å²) in [6.07, 6.45) is 0.952. The summed E-state index contributed by atoms with van der Waals surface area (Å²) in [5.74, 6) is -2.73. The molecule has 14 heteroatoms. The number of methoxy groups -OCH3 is 1. The van der Waals surface area contributed by atoms with Gasteiger partial charge in [-0.1, -0.05) is 63.6 Å². The molecule has 3 amide bonds. The molecule has 2 saturated heterocycles. The van der Waals surface area contributed by atoms with Crippen molar-refractivity contribution in [1.29, 1.82) is 0 Å². The van der Waals surface area contributed by atoms with Gasteiger partial charge in [0.05, 0.1) is 32.1 Å². The SMILES string of the molecule is COc1cc(C(=O)NCC(C)(C)COCC(C)(C)CN2CCN(CCCNC(C)=O)CC2)ccc1NC(=O)C1NCC(c2ccc(Cl)cc2F)[C@H]1c1cccc(C)c1F. The molecule has 0 bridgehead atoms. The quantitative estimate of drug-likeness (QED) is 0.109. The number of benzene rings is 3. The molecule has 2 heterocycles. The Kier molecular flexibility index (Phi) is 15.9. The number of carbonyl (C=O) groups excluding carboxylic acids is 3. The van der Waals surface area contributed by atoms with Crippen LogP contribution in [0.2, 0.25) is 5.02 Å². The van der Waals surface area contributed by atoms with Gasteiger partial charge in [0.25, 0.3) is 5.91 Å². The van der Waals surface area contributed by atoms with E-state index < -0.39 is 35.4 Å². The summed E-state index contributed by atoms with van der Waals surface area (Å²) >= 11 is 6.04. The average Bonchev–Trinajstić information content (AvgIpc) is 3.62. The molecule has 0 radical (unpaired) electrons. The second-order valence-corrected chi connectivity index (χ2v) is 18.0. The van der Waals surface area contributed by atoms with Crippen LogP contribution < -0.4 is 26.0 Å². The molecule has 0 aliphatic carbocycles. The average molecular weight is 839 g/mol. The third-order valence-corrected chi connectivity index (χ3v) is 11.4. The molecule has 2 unspecified atom stereocenters. The normalized spacial score (nSPS) is 19.1. The van der Waals surface area contributed by atoms with Crippen molar-refractivity contribution in [3.8, 4) is 5.75 Å². The molecule has 3 aromatic rings. The van der Waals surface area contributed by atoms with E-state index in [9.17, 15) is 14.4 Å². The molecule has 322 valence electrons. The monoisotopic (exact) mass is 838 g/mol. The first kappa shape index (κ1) is 45.9. The summed E-state index contributed by atoms with van der Waals surface area (Å²) in [6.45, 7) is 20.0. The second-order valence-electron chi connectivity index (χ2n) is 17.5. The minimum absolute atomic E-state index is 0.0137. The third kappa shape index (κ3) is 12.7. The number of hydrogen-bond acceptors (Lipinski definition) is 8. The zero-order chi connectivity index (χ0) is 42.9. The van der Waals surface area contributed by atoms with Crippen LogP contribution in [0.1, 0.15) is 79.9 Å². The van der Waals surface area contributed by atoms with Crippen LogP contribution in [0.15, 0.2) is 54.6 Å². The summed E-state index contributed by atoms with van der Waals surface area (Å²) in [4.78, 5) is 43.3. The smallest absolute Gasteiger partial charge is 0.251 e. The Morgan fingerprint density at radius 1 is 0.915 bits per heavy atom. The van der Waals surface area contributed by atoms with Crippen LogP contribution in [0.4, 0.5) is 14.5 Å². The van der Waals surface area contributed by atoms with Gasteiger partial charge in [-0.3, -0.25) is 14.4 Å². The largest absolute Gasteiger partial charge is 0.495 e. The first-order valence-electron chi connectivity index (χ1n) is 20.4. The van der Waals surface area contributed by atoms with E-state index in [0.717, 1.165) is 45.7 Å². The number of nitrogens with zero attached hydrogens (tertiary/aromatic N) is 2. The lowest BCUT2D eigenvalue weighted by Gasteiger charge is -2.39. The lowest BCUT2D eigenvalue weighted by atomic mass is 9.79. The number of aryl methyl sites for hydroxylation is 1. The summed E-state index contributed by atoms with van der Waals surface area (Å²) < 4.78 is 42.7. The molecule has 2 fully saturated rings. The Labute approximate surface area is 352 Å². The van der Waals surface area contributed by atoms with Crippen molar-refractivity contribution in [2.75, 3.05) is 84.5 Å². The molecule has 2 aliphatic rings. The fourth-order valence-corrected chi connectivity index (χ4v) is 8.20. The minimum Gasteiger partial charge on any atom is -0.495 e. The van der Waals surface area contributed by atoms with Gasteiger partial charge in [-0.25, -0.2) is 8.78 Å². The summed E-state index contributed by atoms with van der Waals surface area (Å²) in [5, 5.41) is 12.2. The van der Waals surface area contributed by atoms with Crippen LogP contribution in [-0.2, 0) is 14.3 Å². The predicted octanol–water partition coefficient (Wildman–Crippen LogP) is 6.36. The van der Waals surface area contributed by atoms with Gasteiger partial charge in [-0.15, -0.1) is 0 Å². The number of nitrogens with one attached hydrogen (secondary N) is 4.